The van der Waals surface area contributed by atoms with Gasteiger partial charge in [0, 0.05) is 16.7 Å². The highest BCUT2D eigenvalue weighted by Crippen LogP contribution is 2.25. The van der Waals surface area contributed by atoms with Gasteiger partial charge in [-0.15, -0.1) is 0 Å². The van der Waals surface area contributed by atoms with Crippen LogP contribution in [0.4, 0.5) is 5.69 Å². The Morgan fingerprint density at radius 1 is 1.11 bits per heavy atom. The van der Waals surface area contributed by atoms with Gasteiger partial charge in [0.1, 0.15) is 0 Å². The van der Waals surface area contributed by atoms with Crippen LogP contribution in [0.5, 0.6) is 0 Å². The van der Waals surface area contributed by atoms with Gasteiger partial charge in [-0.3, -0.25) is 0 Å². The monoisotopic (exact) mass is 315 g/mol. The number of aryl methyl sites for hydroxylation is 2. The van der Waals surface area contributed by atoms with Crippen molar-refractivity contribution in [2.45, 2.75) is 13.8 Å². The summed E-state index contributed by atoms with van der Waals surface area (Å²) in [5.41, 5.74) is 5.90. The smallest absolute Gasteiger partial charge is 0.0400 e. The molecular formula is C17H18BrN. The first kappa shape index (κ1) is 13.9. The second-order valence-electron chi connectivity index (χ2n) is 4.75. The minimum absolute atomic E-state index is 0.754. The van der Waals surface area contributed by atoms with E-state index in [9.17, 15) is 0 Å². The molecule has 1 nitrogen and oxygen atoms in total. The Balaban J connectivity index is 2.05. The van der Waals surface area contributed by atoms with E-state index in [-0.39, 0.29) is 0 Å². The van der Waals surface area contributed by atoms with Crippen molar-refractivity contribution in [1.29, 1.82) is 0 Å². The van der Waals surface area contributed by atoms with Crippen LogP contribution in [0.25, 0.3) is 5.57 Å². The predicted octanol–water partition coefficient (Wildman–Crippen LogP) is 5.19. The fourth-order valence-electron chi connectivity index (χ4n) is 2.03. The fourth-order valence-corrected chi connectivity index (χ4v) is 2.26. The molecule has 0 heterocycles. The molecule has 0 aromatic heterocycles. The van der Waals surface area contributed by atoms with Gasteiger partial charge in [0.15, 0.2) is 0 Å². The predicted molar refractivity (Wildman–Crippen MR) is 87.6 cm³/mol. The number of rotatable bonds is 4. The molecule has 19 heavy (non-hydrogen) atoms. The first-order chi connectivity index (χ1) is 9.08. The molecule has 2 heteroatoms. The summed E-state index contributed by atoms with van der Waals surface area (Å²) in [6, 6.07) is 14.6. The van der Waals surface area contributed by atoms with Crippen LogP contribution < -0.4 is 5.32 Å². The Morgan fingerprint density at radius 2 is 1.68 bits per heavy atom. The molecule has 2 aromatic carbocycles. The minimum Gasteiger partial charge on any atom is -0.381 e. The van der Waals surface area contributed by atoms with Crippen molar-refractivity contribution in [1.82, 2.24) is 0 Å². The van der Waals surface area contributed by atoms with Crippen LogP contribution in [0.1, 0.15) is 16.7 Å². The number of benzene rings is 2. The van der Waals surface area contributed by atoms with Crippen molar-refractivity contribution in [3.8, 4) is 0 Å². The second-order valence-corrected chi connectivity index (χ2v) is 5.54. The molecule has 1 N–H and O–H groups in total. The van der Waals surface area contributed by atoms with Gasteiger partial charge < -0.3 is 5.32 Å². The lowest BCUT2D eigenvalue weighted by Crippen LogP contribution is -2.04. The average molecular weight is 316 g/mol. The number of nitrogens with one attached hydrogen (secondary N) is 1. The normalized spacial score (nSPS) is 10.3. The first-order valence-corrected chi connectivity index (χ1v) is 7.11. The highest BCUT2D eigenvalue weighted by atomic mass is 79.9. The van der Waals surface area contributed by atoms with Crippen molar-refractivity contribution in [3.05, 3.63) is 70.2 Å². The molecular weight excluding hydrogens is 298 g/mol. The average Bonchev–Trinajstić information content (AvgIpc) is 2.43. The standard InChI is InChI=1S/C17H18BrN/c1-12-9-16(10-13(2)17(12)18)19-11-14(3)15-7-5-4-6-8-15/h4-10,19H,3,11H2,1-2H3. The third kappa shape index (κ3) is 3.48. The van der Waals surface area contributed by atoms with Gasteiger partial charge in [-0.05, 0) is 48.2 Å². The maximum Gasteiger partial charge on any atom is 0.0400 e. The summed E-state index contributed by atoms with van der Waals surface area (Å²) >= 11 is 3.58. The quantitative estimate of drug-likeness (QED) is 0.818. The first-order valence-electron chi connectivity index (χ1n) is 6.32. The number of hydrogen-bond acceptors (Lipinski definition) is 1. The van der Waals surface area contributed by atoms with Crippen LogP contribution in [0, 0.1) is 13.8 Å². The van der Waals surface area contributed by atoms with Crippen LogP contribution in [-0.2, 0) is 0 Å². The molecule has 0 radical (unpaired) electrons. The molecule has 98 valence electrons. The summed E-state index contributed by atoms with van der Waals surface area (Å²) in [6.07, 6.45) is 0. The van der Waals surface area contributed by atoms with E-state index in [0.29, 0.717) is 0 Å². The lowest BCUT2D eigenvalue weighted by molar-refractivity contribution is 1.29. The van der Waals surface area contributed by atoms with E-state index in [2.05, 4.69) is 65.9 Å². The van der Waals surface area contributed by atoms with Crippen LogP contribution in [-0.4, -0.2) is 6.54 Å². The van der Waals surface area contributed by atoms with Crippen molar-refractivity contribution < 1.29 is 0 Å². The maximum absolute atomic E-state index is 4.13. The van der Waals surface area contributed by atoms with Gasteiger partial charge in [-0.2, -0.15) is 0 Å². The van der Waals surface area contributed by atoms with Gasteiger partial charge in [0.2, 0.25) is 0 Å². The number of hydrogen-bond donors (Lipinski definition) is 1. The Bertz CT molecular complexity index is 564. The largest absolute Gasteiger partial charge is 0.381 e. The van der Waals surface area contributed by atoms with Crippen molar-refractivity contribution in [2.75, 3.05) is 11.9 Å². The Hall–Kier alpha value is -1.54. The minimum atomic E-state index is 0.754. The molecule has 0 bridgehead atoms. The SMILES string of the molecule is C=C(CNc1cc(C)c(Br)c(C)c1)c1ccccc1. The van der Waals surface area contributed by atoms with Crippen molar-refractivity contribution in [2.24, 2.45) is 0 Å². The van der Waals surface area contributed by atoms with E-state index >= 15 is 0 Å². The molecule has 0 saturated carbocycles. The zero-order valence-electron chi connectivity index (χ0n) is 11.3. The van der Waals surface area contributed by atoms with Gasteiger partial charge in [0.25, 0.3) is 0 Å². The van der Waals surface area contributed by atoms with Crippen LogP contribution in [0.2, 0.25) is 0 Å². The highest BCUT2D eigenvalue weighted by Gasteiger charge is 2.03. The van der Waals surface area contributed by atoms with Crippen LogP contribution in [0.15, 0.2) is 53.5 Å². The van der Waals surface area contributed by atoms with E-state index in [1.807, 2.05) is 18.2 Å². The molecule has 2 rings (SSSR count). The zero-order chi connectivity index (χ0) is 13.8. The Kier molecular flexibility index (Phi) is 4.43. The van der Waals surface area contributed by atoms with Gasteiger partial charge in [0.05, 0.1) is 0 Å². The molecule has 0 aliphatic heterocycles. The summed E-state index contributed by atoms with van der Waals surface area (Å²) in [7, 11) is 0. The maximum atomic E-state index is 4.13. The van der Waals surface area contributed by atoms with Gasteiger partial charge in [-0.25, -0.2) is 0 Å². The molecule has 0 aliphatic carbocycles. The topological polar surface area (TPSA) is 12.0 Å². The molecule has 0 amide bonds. The van der Waals surface area contributed by atoms with Gasteiger partial charge in [-0.1, -0.05) is 52.8 Å². The lowest BCUT2D eigenvalue weighted by atomic mass is 10.1. The van der Waals surface area contributed by atoms with Crippen molar-refractivity contribution >= 4 is 27.2 Å². The summed E-state index contributed by atoms with van der Waals surface area (Å²) in [5.74, 6) is 0. The number of halogens is 1. The lowest BCUT2D eigenvalue weighted by Gasteiger charge is -2.12. The van der Waals surface area contributed by atoms with Gasteiger partial charge >= 0.3 is 0 Å². The number of anilines is 1. The third-order valence-electron chi connectivity index (χ3n) is 3.12. The van der Waals surface area contributed by atoms with Crippen LogP contribution >= 0.6 is 15.9 Å². The second kappa shape index (κ2) is 6.07. The zero-order valence-corrected chi connectivity index (χ0v) is 12.9. The van der Waals surface area contributed by atoms with E-state index in [1.165, 1.54) is 21.2 Å². The van der Waals surface area contributed by atoms with Crippen LogP contribution in [0.3, 0.4) is 0 Å². The summed E-state index contributed by atoms with van der Waals surface area (Å²) in [4.78, 5) is 0. The summed E-state index contributed by atoms with van der Waals surface area (Å²) in [6.45, 7) is 9.10. The summed E-state index contributed by atoms with van der Waals surface area (Å²) < 4.78 is 1.18. The molecule has 0 unspecified atom stereocenters. The molecule has 2 aromatic rings. The fraction of sp³-hybridized carbons (Fsp3) is 0.176. The molecule has 0 aliphatic rings. The molecule has 0 atom stereocenters. The molecule has 0 saturated heterocycles. The third-order valence-corrected chi connectivity index (χ3v) is 4.38. The summed E-state index contributed by atoms with van der Waals surface area (Å²) in [5, 5.41) is 3.43. The Morgan fingerprint density at radius 3 is 2.26 bits per heavy atom. The van der Waals surface area contributed by atoms with E-state index in [1.54, 1.807) is 0 Å². The van der Waals surface area contributed by atoms with E-state index < -0.39 is 0 Å². The molecule has 0 fully saturated rings. The van der Waals surface area contributed by atoms with E-state index in [4.69, 9.17) is 0 Å². The Labute approximate surface area is 123 Å². The molecule has 0 spiro atoms. The highest BCUT2D eigenvalue weighted by molar-refractivity contribution is 9.10. The van der Waals surface area contributed by atoms with E-state index in [0.717, 1.165) is 17.8 Å². The van der Waals surface area contributed by atoms with Crippen molar-refractivity contribution in [3.63, 3.8) is 0 Å².